The van der Waals surface area contributed by atoms with Crippen molar-refractivity contribution in [3.8, 4) is 17.4 Å². The van der Waals surface area contributed by atoms with Crippen LogP contribution in [0.15, 0.2) is 24.3 Å². The molecule has 4 aliphatic rings. The molecule has 40 heavy (non-hydrogen) atoms. The Morgan fingerprint density at radius 1 is 1.07 bits per heavy atom. The van der Waals surface area contributed by atoms with Crippen LogP contribution in [0.3, 0.4) is 0 Å². The fourth-order valence-electron chi connectivity index (χ4n) is 7.09. The number of amides is 2. The Balaban J connectivity index is 1.25. The molecule has 0 radical (unpaired) electrons. The van der Waals surface area contributed by atoms with Crippen LogP contribution in [0.1, 0.15) is 71.7 Å². The minimum Gasteiger partial charge on any atom is -0.493 e. The summed E-state index contributed by atoms with van der Waals surface area (Å²) in [4.78, 5) is 35.9. The van der Waals surface area contributed by atoms with Gasteiger partial charge in [-0.25, -0.2) is 4.98 Å². The van der Waals surface area contributed by atoms with Crippen molar-refractivity contribution >= 4 is 11.8 Å². The van der Waals surface area contributed by atoms with Gasteiger partial charge in [-0.2, -0.15) is 0 Å². The molecule has 0 saturated carbocycles. The molecule has 3 atom stereocenters. The number of nitrogens with one attached hydrogen (secondary N) is 1. The lowest BCUT2D eigenvalue weighted by Gasteiger charge is -2.25. The van der Waals surface area contributed by atoms with E-state index in [2.05, 4.69) is 27.3 Å². The van der Waals surface area contributed by atoms with E-state index in [0.717, 1.165) is 67.8 Å². The van der Waals surface area contributed by atoms with Crippen LogP contribution in [0, 0.1) is 5.92 Å². The summed E-state index contributed by atoms with van der Waals surface area (Å²) in [6, 6.07) is 8.96. The van der Waals surface area contributed by atoms with Gasteiger partial charge in [0.2, 0.25) is 11.8 Å². The number of nitrogens with zero attached hydrogens (tertiary/aromatic N) is 3. The summed E-state index contributed by atoms with van der Waals surface area (Å²) >= 11 is 0. The number of carbonyl (C=O) groups is 2. The minimum absolute atomic E-state index is 0.0112. The van der Waals surface area contributed by atoms with Gasteiger partial charge in [0.1, 0.15) is 5.56 Å². The Hall–Kier alpha value is -3.33. The van der Waals surface area contributed by atoms with Gasteiger partial charge in [-0.05, 0) is 93.2 Å². The highest BCUT2D eigenvalue weighted by atomic mass is 16.5. The molecular weight excluding hydrogens is 508 g/mol. The Labute approximate surface area is 236 Å². The van der Waals surface area contributed by atoms with Crippen LogP contribution in [-0.4, -0.2) is 79.6 Å². The predicted octanol–water partition coefficient (Wildman–Crippen LogP) is 3.54. The van der Waals surface area contributed by atoms with Crippen molar-refractivity contribution in [1.29, 1.82) is 0 Å². The van der Waals surface area contributed by atoms with Crippen LogP contribution in [0.4, 0.5) is 0 Å². The first-order valence-corrected chi connectivity index (χ1v) is 14.7. The second-order valence-corrected chi connectivity index (χ2v) is 11.5. The third-order valence-corrected chi connectivity index (χ3v) is 9.09. The van der Waals surface area contributed by atoms with Gasteiger partial charge in [-0.1, -0.05) is 6.07 Å². The predicted molar refractivity (Wildman–Crippen MR) is 150 cm³/mol. The maximum Gasteiger partial charge on any atom is 0.259 e. The molecule has 1 aromatic carbocycles. The number of pyridine rings is 1. The Morgan fingerprint density at radius 2 is 1.98 bits per heavy atom. The topological polar surface area (TPSA) is 93.2 Å². The lowest BCUT2D eigenvalue weighted by Crippen LogP contribution is -2.43. The number of aryl methyl sites for hydroxylation is 2. The number of hydrogen-bond acceptors (Lipinski definition) is 7. The molecule has 9 heteroatoms. The van der Waals surface area contributed by atoms with Crippen LogP contribution >= 0.6 is 0 Å². The quantitative estimate of drug-likeness (QED) is 0.627. The molecule has 2 amide bonds. The number of methoxy groups -OCH3 is 2. The number of carbonyl (C=O) groups excluding carboxylic acids is 2. The van der Waals surface area contributed by atoms with Crippen LogP contribution in [0.5, 0.6) is 17.4 Å². The van der Waals surface area contributed by atoms with Crippen LogP contribution < -0.4 is 19.5 Å². The van der Waals surface area contributed by atoms with E-state index in [1.54, 1.807) is 19.1 Å². The van der Waals surface area contributed by atoms with Crippen molar-refractivity contribution in [2.75, 3.05) is 47.0 Å². The summed E-state index contributed by atoms with van der Waals surface area (Å²) in [5.41, 5.74) is 3.79. The number of fused-ring (bicyclic) bond motifs is 9. The Bertz CT molecular complexity index is 1270. The van der Waals surface area contributed by atoms with Gasteiger partial charge in [0, 0.05) is 30.9 Å². The number of ether oxygens (including phenoxy) is 3. The van der Waals surface area contributed by atoms with Gasteiger partial charge in [0.15, 0.2) is 11.5 Å². The number of aromatic nitrogens is 1. The standard InChI is InChI=1S/C31H40N4O5/c1-38-27-11-10-21-17-28(27)40-14-4-3-12-34(31(37)23-15-20-7-5-8-24(20)33-30(23)39-2)19-29(36)32-18-22-16-26(21)35-13-6-9-25(22)35/h10-11,15,17,22,25-26H,3-9,12-14,16,18-19H2,1-2H3,(H,32,36)/t22-,25+,26-/m1/s1. The molecule has 4 bridgehead atoms. The fourth-order valence-corrected chi connectivity index (χ4v) is 7.09. The van der Waals surface area contributed by atoms with Gasteiger partial charge in [0.05, 0.1) is 27.4 Å². The lowest BCUT2D eigenvalue weighted by atomic mass is 9.94. The molecule has 1 N–H and O–H groups in total. The summed E-state index contributed by atoms with van der Waals surface area (Å²) in [5, 5.41) is 3.19. The van der Waals surface area contributed by atoms with Gasteiger partial charge in [-0.3, -0.25) is 14.5 Å². The normalized spacial score (nSPS) is 25.1. The lowest BCUT2D eigenvalue weighted by molar-refractivity contribution is -0.122. The monoisotopic (exact) mass is 548 g/mol. The maximum absolute atomic E-state index is 13.8. The zero-order chi connectivity index (χ0) is 27.6. The average molecular weight is 549 g/mol. The molecule has 1 aromatic heterocycles. The van der Waals surface area contributed by atoms with Gasteiger partial charge in [-0.15, -0.1) is 0 Å². The summed E-state index contributed by atoms with van der Waals surface area (Å²) in [5.74, 6) is 1.87. The zero-order valence-electron chi connectivity index (χ0n) is 23.6. The molecular formula is C31H40N4O5. The summed E-state index contributed by atoms with van der Waals surface area (Å²) in [6.45, 7) is 2.63. The maximum atomic E-state index is 13.8. The minimum atomic E-state index is -0.214. The van der Waals surface area contributed by atoms with E-state index in [1.165, 1.54) is 12.0 Å². The first-order valence-electron chi connectivity index (χ1n) is 14.7. The molecule has 214 valence electrons. The molecule has 3 aliphatic heterocycles. The Morgan fingerprint density at radius 3 is 2.83 bits per heavy atom. The van der Waals surface area contributed by atoms with E-state index in [1.807, 2.05) is 12.1 Å². The Kier molecular flexibility index (Phi) is 7.82. The zero-order valence-corrected chi connectivity index (χ0v) is 23.6. The number of benzene rings is 1. The van der Waals surface area contributed by atoms with Gasteiger partial charge >= 0.3 is 0 Å². The second kappa shape index (κ2) is 11.6. The molecule has 9 nitrogen and oxygen atoms in total. The second-order valence-electron chi connectivity index (χ2n) is 11.5. The van der Waals surface area contributed by atoms with Gasteiger partial charge < -0.3 is 24.4 Å². The third-order valence-electron chi connectivity index (χ3n) is 9.09. The van der Waals surface area contributed by atoms with Crippen molar-refractivity contribution in [2.45, 2.75) is 63.5 Å². The average Bonchev–Trinajstić information content (AvgIpc) is 3.71. The highest BCUT2D eigenvalue weighted by Crippen LogP contribution is 2.46. The highest BCUT2D eigenvalue weighted by molar-refractivity contribution is 5.98. The van der Waals surface area contributed by atoms with E-state index in [9.17, 15) is 9.59 Å². The third kappa shape index (κ3) is 5.23. The smallest absolute Gasteiger partial charge is 0.259 e. The molecule has 0 spiro atoms. The fraction of sp³-hybridized carbons (Fsp3) is 0.581. The van der Waals surface area contributed by atoms with Crippen molar-refractivity contribution in [1.82, 2.24) is 20.1 Å². The van der Waals surface area contributed by atoms with E-state index in [-0.39, 0.29) is 18.4 Å². The van der Waals surface area contributed by atoms with Crippen LogP contribution in [0.2, 0.25) is 0 Å². The van der Waals surface area contributed by atoms with E-state index in [4.69, 9.17) is 14.2 Å². The van der Waals surface area contributed by atoms with Crippen molar-refractivity contribution in [3.05, 3.63) is 46.6 Å². The summed E-state index contributed by atoms with van der Waals surface area (Å²) in [6.07, 6.45) is 7.58. The van der Waals surface area contributed by atoms with Gasteiger partial charge in [0.25, 0.3) is 5.91 Å². The molecule has 2 fully saturated rings. The molecule has 4 heterocycles. The molecule has 1 aliphatic carbocycles. The van der Waals surface area contributed by atoms with Crippen molar-refractivity contribution in [3.63, 3.8) is 0 Å². The molecule has 0 unspecified atom stereocenters. The molecule has 6 rings (SSSR count). The van der Waals surface area contributed by atoms with Crippen LogP contribution in [-0.2, 0) is 17.6 Å². The number of hydrogen-bond donors (Lipinski definition) is 1. The summed E-state index contributed by atoms with van der Waals surface area (Å²) < 4.78 is 17.3. The van der Waals surface area contributed by atoms with Crippen molar-refractivity contribution < 1.29 is 23.8 Å². The van der Waals surface area contributed by atoms with E-state index >= 15 is 0 Å². The van der Waals surface area contributed by atoms with Crippen LogP contribution in [0.25, 0.3) is 0 Å². The highest BCUT2D eigenvalue weighted by Gasteiger charge is 2.44. The van der Waals surface area contributed by atoms with Crippen molar-refractivity contribution in [2.24, 2.45) is 5.92 Å². The first-order chi connectivity index (χ1) is 19.6. The SMILES string of the molecule is COc1ccc2cc1OCCCCN(C(=O)c1cc3c(nc1OC)CCC3)CC(=O)NC[C@H]1C[C@H]2N2CCC[C@@H]12. The van der Waals surface area contributed by atoms with E-state index in [0.29, 0.717) is 55.6 Å². The van der Waals surface area contributed by atoms with E-state index < -0.39 is 0 Å². The summed E-state index contributed by atoms with van der Waals surface area (Å²) in [7, 11) is 3.22. The largest absolute Gasteiger partial charge is 0.493 e. The first kappa shape index (κ1) is 26.9. The number of rotatable bonds is 3. The molecule has 2 saturated heterocycles. The molecule has 2 aromatic rings.